The Balaban J connectivity index is 2.78. The van der Waals surface area contributed by atoms with E-state index in [1.165, 1.54) is 5.56 Å². The van der Waals surface area contributed by atoms with Crippen LogP contribution in [0.4, 0.5) is 11.4 Å². The van der Waals surface area contributed by atoms with Gasteiger partial charge in [-0.3, -0.25) is 0 Å². The van der Waals surface area contributed by atoms with Crippen molar-refractivity contribution in [3.8, 4) is 16.9 Å². The summed E-state index contributed by atoms with van der Waals surface area (Å²) in [7, 11) is 0. The quantitative estimate of drug-likeness (QED) is 0.661. The fraction of sp³-hybridized carbons (Fsp3) is 0.400. The van der Waals surface area contributed by atoms with Crippen LogP contribution in [0.3, 0.4) is 0 Å². The van der Waals surface area contributed by atoms with Crippen LogP contribution in [-0.2, 0) is 10.8 Å². The van der Waals surface area contributed by atoms with Crippen LogP contribution in [0.2, 0.25) is 0 Å². The van der Waals surface area contributed by atoms with E-state index in [1.54, 1.807) is 6.07 Å². The van der Waals surface area contributed by atoms with Crippen molar-refractivity contribution in [1.29, 1.82) is 0 Å². The van der Waals surface area contributed by atoms with Crippen molar-refractivity contribution >= 4 is 11.4 Å². The summed E-state index contributed by atoms with van der Waals surface area (Å²) in [6.45, 7) is 12.8. The fourth-order valence-corrected chi connectivity index (χ4v) is 2.60. The maximum atomic E-state index is 10.9. The highest BCUT2D eigenvalue weighted by Gasteiger charge is 2.25. The Morgan fingerprint density at radius 3 is 1.87 bits per heavy atom. The van der Waals surface area contributed by atoms with Crippen LogP contribution < -0.4 is 11.5 Å². The molecule has 2 aromatic carbocycles. The molecule has 0 aliphatic heterocycles. The molecule has 2 aromatic rings. The van der Waals surface area contributed by atoms with E-state index in [2.05, 4.69) is 53.7 Å². The highest BCUT2D eigenvalue weighted by Crippen LogP contribution is 2.42. The zero-order valence-electron chi connectivity index (χ0n) is 15.0. The molecule has 3 nitrogen and oxygen atoms in total. The summed E-state index contributed by atoms with van der Waals surface area (Å²) in [4.78, 5) is 0. The van der Waals surface area contributed by atoms with Gasteiger partial charge in [0.2, 0.25) is 0 Å². The number of benzene rings is 2. The van der Waals surface area contributed by atoms with E-state index >= 15 is 0 Å². The lowest BCUT2D eigenvalue weighted by Crippen LogP contribution is -2.17. The molecule has 0 saturated heterocycles. The zero-order chi connectivity index (χ0) is 17.6. The lowest BCUT2D eigenvalue weighted by atomic mass is 9.78. The molecule has 0 saturated carbocycles. The third-order valence-corrected chi connectivity index (χ3v) is 4.18. The van der Waals surface area contributed by atoms with Crippen LogP contribution in [0.5, 0.6) is 5.75 Å². The van der Waals surface area contributed by atoms with Gasteiger partial charge in [-0.05, 0) is 40.2 Å². The first-order valence-electron chi connectivity index (χ1n) is 7.94. The molecule has 0 heterocycles. The lowest BCUT2D eigenvalue weighted by Gasteiger charge is -2.27. The SMILES string of the molecule is CC(C)(C)c1cc(-c2ccc(N)c(N)c2)c(O)c(C(C)(C)C)c1. The van der Waals surface area contributed by atoms with Crippen molar-refractivity contribution in [2.24, 2.45) is 0 Å². The molecule has 0 fully saturated rings. The lowest BCUT2D eigenvalue weighted by molar-refractivity contribution is 0.446. The number of phenolic OH excluding ortho intramolecular Hbond substituents is 1. The summed E-state index contributed by atoms with van der Waals surface area (Å²) in [6.07, 6.45) is 0. The number of nitrogens with two attached hydrogens (primary N) is 2. The molecular formula is C20H28N2O. The van der Waals surface area contributed by atoms with Crippen LogP contribution >= 0.6 is 0 Å². The molecule has 0 aliphatic rings. The number of nitrogen functional groups attached to an aromatic ring is 2. The Morgan fingerprint density at radius 2 is 1.39 bits per heavy atom. The Labute approximate surface area is 139 Å². The molecule has 0 unspecified atom stereocenters. The molecule has 0 bridgehead atoms. The number of hydrogen-bond acceptors (Lipinski definition) is 3. The molecule has 0 amide bonds. The van der Waals surface area contributed by atoms with E-state index in [-0.39, 0.29) is 10.8 Å². The van der Waals surface area contributed by atoms with Gasteiger partial charge in [0, 0.05) is 11.1 Å². The number of rotatable bonds is 1. The third kappa shape index (κ3) is 3.44. The van der Waals surface area contributed by atoms with Gasteiger partial charge in [-0.25, -0.2) is 0 Å². The normalized spacial score (nSPS) is 12.4. The van der Waals surface area contributed by atoms with Crippen molar-refractivity contribution in [3.63, 3.8) is 0 Å². The fourth-order valence-electron chi connectivity index (χ4n) is 2.60. The highest BCUT2D eigenvalue weighted by molar-refractivity contribution is 5.79. The van der Waals surface area contributed by atoms with Gasteiger partial charge in [0.05, 0.1) is 11.4 Å². The summed E-state index contributed by atoms with van der Waals surface area (Å²) >= 11 is 0. The Bertz CT molecular complexity index is 735. The van der Waals surface area contributed by atoms with Crippen LogP contribution in [0.15, 0.2) is 30.3 Å². The molecule has 0 atom stereocenters. The largest absolute Gasteiger partial charge is 0.507 e. The van der Waals surface area contributed by atoms with E-state index < -0.39 is 0 Å². The maximum absolute atomic E-state index is 10.9. The molecule has 3 heteroatoms. The monoisotopic (exact) mass is 312 g/mol. The first-order chi connectivity index (χ1) is 10.4. The first-order valence-corrected chi connectivity index (χ1v) is 7.94. The zero-order valence-corrected chi connectivity index (χ0v) is 15.0. The Morgan fingerprint density at radius 1 is 0.783 bits per heavy atom. The molecule has 0 radical (unpaired) electrons. The standard InChI is InChI=1S/C20H28N2O/c1-19(2,3)13-10-14(12-7-8-16(21)17(22)9-12)18(23)15(11-13)20(4,5)6/h7-11,23H,21-22H2,1-6H3. The van der Waals surface area contributed by atoms with Crippen molar-refractivity contribution in [3.05, 3.63) is 41.5 Å². The molecule has 5 N–H and O–H groups in total. The molecule has 0 aliphatic carbocycles. The van der Waals surface area contributed by atoms with Crippen LogP contribution in [-0.4, -0.2) is 5.11 Å². The average molecular weight is 312 g/mol. The average Bonchev–Trinajstić information content (AvgIpc) is 2.39. The highest BCUT2D eigenvalue weighted by atomic mass is 16.3. The molecule has 23 heavy (non-hydrogen) atoms. The van der Waals surface area contributed by atoms with Gasteiger partial charge in [0.15, 0.2) is 0 Å². The van der Waals surface area contributed by atoms with Crippen LogP contribution in [0, 0.1) is 0 Å². The van der Waals surface area contributed by atoms with Gasteiger partial charge in [0.1, 0.15) is 5.75 Å². The number of anilines is 2. The summed E-state index contributed by atoms with van der Waals surface area (Å²) in [5.41, 5.74) is 16.5. The summed E-state index contributed by atoms with van der Waals surface area (Å²) < 4.78 is 0. The van der Waals surface area contributed by atoms with Gasteiger partial charge in [-0.1, -0.05) is 53.7 Å². The predicted molar refractivity (Wildman–Crippen MR) is 99.8 cm³/mol. The van der Waals surface area contributed by atoms with E-state index in [9.17, 15) is 5.11 Å². The number of phenols is 1. The molecule has 0 spiro atoms. The Kier molecular flexibility index (Phi) is 4.10. The van der Waals surface area contributed by atoms with Gasteiger partial charge in [-0.15, -0.1) is 0 Å². The second-order valence-corrected chi connectivity index (χ2v) is 8.26. The van der Waals surface area contributed by atoms with Crippen LogP contribution in [0.25, 0.3) is 11.1 Å². The van der Waals surface area contributed by atoms with Gasteiger partial charge >= 0.3 is 0 Å². The maximum Gasteiger partial charge on any atom is 0.127 e. The first kappa shape index (κ1) is 17.2. The van der Waals surface area contributed by atoms with Crippen molar-refractivity contribution in [2.45, 2.75) is 52.4 Å². The van der Waals surface area contributed by atoms with Crippen LogP contribution in [0.1, 0.15) is 52.7 Å². The van der Waals surface area contributed by atoms with Gasteiger partial charge < -0.3 is 16.6 Å². The molecule has 0 aromatic heterocycles. The van der Waals surface area contributed by atoms with Crippen molar-refractivity contribution < 1.29 is 5.11 Å². The molecule has 124 valence electrons. The molecule has 2 rings (SSSR count). The number of aromatic hydroxyl groups is 1. The topological polar surface area (TPSA) is 72.3 Å². The van der Waals surface area contributed by atoms with Crippen molar-refractivity contribution in [2.75, 3.05) is 11.5 Å². The Hall–Kier alpha value is -2.16. The second-order valence-electron chi connectivity index (χ2n) is 8.26. The minimum Gasteiger partial charge on any atom is -0.507 e. The van der Waals surface area contributed by atoms with E-state index in [1.807, 2.05) is 12.1 Å². The van der Waals surface area contributed by atoms with Crippen molar-refractivity contribution in [1.82, 2.24) is 0 Å². The van der Waals surface area contributed by atoms with E-state index in [4.69, 9.17) is 11.5 Å². The summed E-state index contributed by atoms with van der Waals surface area (Å²) in [5.74, 6) is 0.315. The van der Waals surface area contributed by atoms with Gasteiger partial charge in [0.25, 0.3) is 0 Å². The number of hydrogen-bond donors (Lipinski definition) is 3. The second kappa shape index (κ2) is 5.48. The minimum absolute atomic E-state index is 0.0121. The summed E-state index contributed by atoms with van der Waals surface area (Å²) in [5, 5.41) is 10.9. The molecular weight excluding hydrogens is 284 g/mol. The van der Waals surface area contributed by atoms with E-state index in [0.717, 1.165) is 16.7 Å². The van der Waals surface area contributed by atoms with Gasteiger partial charge in [-0.2, -0.15) is 0 Å². The predicted octanol–water partition coefficient (Wildman–Crippen LogP) is 4.82. The van der Waals surface area contributed by atoms with E-state index in [0.29, 0.717) is 17.1 Å². The minimum atomic E-state index is -0.153. The summed E-state index contributed by atoms with van der Waals surface area (Å²) in [6, 6.07) is 9.67. The third-order valence-electron chi connectivity index (χ3n) is 4.18. The smallest absolute Gasteiger partial charge is 0.127 e.